The maximum absolute atomic E-state index is 12.1. The Kier molecular flexibility index (Phi) is 9.65. The number of hydrogen-bond acceptors (Lipinski definition) is 3. The molecule has 1 aliphatic carbocycles. The average Bonchev–Trinajstić information content (AvgIpc) is 3.41. The van der Waals surface area contributed by atoms with Gasteiger partial charge in [0.15, 0.2) is 12.6 Å². The summed E-state index contributed by atoms with van der Waals surface area (Å²) >= 11 is 0. The predicted octanol–water partition coefficient (Wildman–Crippen LogP) is 3.25. The smallest absolute Gasteiger partial charge is 0.422 e. The van der Waals surface area contributed by atoms with Crippen LogP contribution < -0.4 is 15.4 Å². The second-order valence-electron chi connectivity index (χ2n) is 6.72. The van der Waals surface area contributed by atoms with Crippen LogP contribution in [0.25, 0.3) is 0 Å². The van der Waals surface area contributed by atoms with E-state index >= 15 is 0 Å². The molecule has 1 aromatic carbocycles. The summed E-state index contributed by atoms with van der Waals surface area (Å²) in [6, 6.07) is 7.03. The van der Waals surface area contributed by atoms with Gasteiger partial charge in [-0.25, -0.2) is 0 Å². The van der Waals surface area contributed by atoms with E-state index in [9.17, 15) is 13.2 Å². The minimum absolute atomic E-state index is 0. The number of guanidine groups is 1. The summed E-state index contributed by atoms with van der Waals surface area (Å²) in [6.45, 7) is 0.0615. The largest absolute Gasteiger partial charge is 0.484 e. The van der Waals surface area contributed by atoms with Gasteiger partial charge in [-0.05, 0) is 50.6 Å². The third-order valence-electron chi connectivity index (χ3n) is 4.32. The van der Waals surface area contributed by atoms with E-state index in [1.54, 1.807) is 19.2 Å². The fourth-order valence-corrected chi connectivity index (χ4v) is 2.73. The van der Waals surface area contributed by atoms with E-state index in [4.69, 9.17) is 4.74 Å². The quantitative estimate of drug-likeness (QED) is 0.327. The highest BCUT2D eigenvalue weighted by Gasteiger charge is 2.32. The lowest BCUT2D eigenvalue weighted by Crippen LogP contribution is -2.45. The van der Waals surface area contributed by atoms with Crippen molar-refractivity contribution in [2.24, 2.45) is 10.9 Å². The molecule has 2 N–H and O–H groups in total. The van der Waals surface area contributed by atoms with Crippen LogP contribution in [0.1, 0.15) is 18.4 Å². The fourth-order valence-electron chi connectivity index (χ4n) is 2.73. The van der Waals surface area contributed by atoms with Crippen molar-refractivity contribution < 1.29 is 17.9 Å². The average molecular weight is 500 g/mol. The molecule has 0 heterocycles. The van der Waals surface area contributed by atoms with Crippen molar-refractivity contribution in [1.29, 1.82) is 0 Å². The lowest BCUT2D eigenvalue weighted by Gasteiger charge is -2.25. The first kappa shape index (κ1) is 23.8. The number of halogens is 4. The Labute approximate surface area is 175 Å². The van der Waals surface area contributed by atoms with Gasteiger partial charge in [0.25, 0.3) is 0 Å². The molecule has 1 aliphatic rings. The monoisotopic (exact) mass is 500 g/mol. The molecule has 0 spiro atoms. The number of nitrogens with zero attached hydrogens (tertiary/aromatic N) is 2. The summed E-state index contributed by atoms with van der Waals surface area (Å²) < 4.78 is 41.1. The third-order valence-corrected chi connectivity index (χ3v) is 4.32. The Hall–Kier alpha value is -1.23. The standard InChI is InChI=1S/C18H27F3N4O.HI/c1-22-17(24-11-16(25(2)3)14-6-7-14)23-10-13-4-8-15(9-5-13)26-12-18(19,20)21;/h4-5,8-9,14,16H,6-7,10-12H2,1-3H3,(H2,22,23,24);1H. The molecule has 1 fully saturated rings. The van der Waals surface area contributed by atoms with Crippen LogP contribution in [-0.4, -0.2) is 57.4 Å². The van der Waals surface area contributed by atoms with Crippen molar-refractivity contribution in [1.82, 2.24) is 15.5 Å². The first-order valence-electron chi connectivity index (χ1n) is 8.68. The summed E-state index contributed by atoms with van der Waals surface area (Å²) in [4.78, 5) is 6.45. The van der Waals surface area contributed by atoms with E-state index < -0.39 is 12.8 Å². The first-order chi connectivity index (χ1) is 12.3. The molecular formula is C18H28F3IN4O. The highest BCUT2D eigenvalue weighted by atomic mass is 127. The van der Waals surface area contributed by atoms with Crippen molar-refractivity contribution in [2.45, 2.75) is 31.6 Å². The number of aliphatic imine (C=N–C) groups is 1. The van der Waals surface area contributed by atoms with Gasteiger partial charge >= 0.3 is 6.18 Å². The fraction of sp³-hybridized carbons (Fsp3) is 0.611. The number of hydrogen-bond donors (Lipinski definition) is 2. The van der Waals surface area contributed by atoms with Crippen LogP contribution >= 0.6 is 24.0 Å². The molecule has 27 heavy (non-hydrogen) atoms. The maximum Gasteiger partial charge on any atom is 0.422 e. The molecule has 0 aromatic heterocycles. The van der Waals surface area contributed by atoms with Crippen molar-refractivity contribution >= 4 is 29.9 Å². The molecule has 0 radical (unpaired) electrons. The zero-order chi connectivity index (χ0) is 19.2. The molecule has 1 aromatic rings. The molecule has 0 saturated heterocycles. The Bertz CT molecular complexity index is 587. The van der Waals surface area contributed by atoms with E-state index in [2.05, 4.69) is 34.6 Å². The minimum atomic E-state index is -4.33. The van der Waals surface area contributed by atoms with Gasteiger partial charge in [-0.1, -0.05) is 12.1 Å². The Morgan fingerprint density at radius 3 is 2.33 bits per heavy atom. The summed E-state index contributed by atoms with van der Waals surface area (Å²) in [6.07, 6.45) is -1.78. The van der Waals surface area contributed by atoms with Crippen LogP contribution in [0.4, 0.5) is 13.2 Å². The maximum atomic E-state index is 12.1. The number of benzene rings is 1. The van der Waals surface area contributed by atoms with Crippen LogP contribution in [-0.2, 0) is 6.54 Å². The lowest BCUT2D eigenvalue weighted by atomic mass is 10.1. The number of likely N-dealkylation sites (N-methyl/N-ethyl adjacent to an activating group) is 1. The second kappa shape index (κ2) is 10.9. The Morgan fingerprint density at radius 1 is 1.22 bits per heavy atom. The Balaban J connectivity index is 0.00000364. The summed E-state index contributed by atoms with van der Waals surface area (Å²) in [5.41, 5.74) is 0.929. The van der Waals surface area contributed by atoms with Crippen molar-refractivity contribution in [3.8, 4) is 5.75 Å². The van der Waals surface area contributed by atoms with Gasteiger partial charge in [-0.3, -0.25) is 4.99 Å². The highest BCUT2D eigenvalue weighted by Crippen LogP contribution is 2.34. The third kappa shape index (κ3) is 9.00. The number of ether oxygens (including phenoxy) is 1. The van der Waals surface area contributed by atoms with Gasteiger partial charge < -0.3 is 20.3 Å². The van der Waals surface area contributed by atoms with Gasteiger partial charge in [0.05, 0.1) is 0 Å². The summed E-state index contributed by atoms with van der Waals surface area (Å²) in [7, 11) is 5.89. The zero-order valence-corrected chi connectivity index (χ0v) is 18.2. The predicted molar refractivity (Wildman–Crippen MR) is 112 cm³/mol. The molecular weight excluding hydrogens is 472 g/mol. The number of rotatable bonds is 8. The van der Waals surface area contributed by atoms with E-state index in [0.717, 1.165) is 18.0 Å². The lowest BCUT2D eigenvalue weighted by molar-refractivity contribution is -0.153. The van der Waals surface area contributed by atoms with Crippen molar-refractivity contribution in [3.63, 3.8) is 0 Å². The van der Waals surface area contributed by atoms with Gasteiger partial charge in [0.1, 0.15) is 5.75 Å². The minimum Gasteiger partial charge on any atom is -0.484 e. The van der Waals surface area contributed by atoms with E-state index in [1.807, 2.05) is 0 Å². The Morgan fingerprint density at radius 2 is 1.85 bits per heavy atom. The normalized spacial score (nSPS) is 15.9. The molecule has 2 rings (SSSR count). The highest BCUT2D eigenvalue weighted by molar-refractivity contribution is 14.0. The molecule has 1 atom stereocenters. The molecule has 1 unspecified atom stereocenters. The van der Waals surface area contributed by atoms with Gasteiger partial charge in [-0.2, -0.15) is 13.2 Å². The van der Waals surface area contributed by atoms with Crippen molar-refractivity contribution in [3.05, 3.63) is 29.8 Å². The van der Waals surface area contributed by atoms with Gasteiger partial charge in [0, 0.05) is 26.2 Å². The molecule has 0 bridgehead atoms. The summed E-state index contributed by atoms with van der Waals surface area (Å²) in [5, 5.41) is 6.55. The van der Waals surface area contributed by atoms with Crippen LogP contribution in [0.5, 0.6) is 5.75 Å². The van der Waals surface area contributed by atoms with Crippen LogP contribution in [0.2, 0.25) is 0 Å². The van der Waals surface area contributed by atoms with E-state index in [0.29, 0.717) is 18.5 Å². The van der Waals surface area contributed by atoms with Crippen molar-refractivity contribution in [2.75, 3.05) is 34.3 Å². The molecule has 0 aliphatic heterocycles. The second-order valence-corrected chi connectivity index (χ2v) is 6.72. The number of nitrogens with one attached hydrogen (secondary N) is 2. The molecule has 5 nitrogen and oxygen atoms in total. The number of alkyl halides is 3. The van der Waals surface area contributed by atoms with Crippen LogP contribution in [0.15, 0.2) is 29.3 Å². The van der Waals surface area contributed by atoms with Crippen LogP contribution in [0, 0.1) is 5.92 Å². The summed E-state index contributed by atoms with van der Waals surface area (Å²) in [5.74, 6) is 1.65. The van der Waals surface area contributed by atoms with Crippen LogP contribution in [0.3, 0.4) is 0 Å². The van der Waals surface area contributed by atoms with Gasteiger partial charge in [-0.15, -0.1) is 24.0 Å². The van der Waals surface area contributed by atoms with Gasteiger partial charge in [0.2, 0.25) is 0 Å². The molecule has 1 saturated carbocycles. The SMILES string of the molecule is CN=C(NCc1ccc(OCC(F)(F)F)cc1)NCC(C1CC1)N(C)C.I. The molecule has 154 valence electrons. The zero-order valence-electron chi connectivity index (χ0n) is 15.8. The molecule has 9 heteroatoms. The van der Waals surface area contributed by atoms with E-state index in [1.165, 1.54) is 25.0 Å². The topological polar surface area (TPSA) is 48.9 Å². The molecule has 0 amide bonds. The van der Waals surface area contributed by atoms with E-state index in [-0.39, 0.29) is 29.7 Å². The first-order valence-corrected chi connectivity index (χ1v) is 8.68.